The molecule has 0 atom stereocenters. The molecule has 11 heteroatoms. The molecule has 0 fully saturated rings. The maximum atomic E-state index is 8.26. The van der Waals surface area contributed by atoms with Gasteiger partial charge in [-0.3, -0.25) is 4.98 Å². The lowest BCUT2D eigenvalue weighted by Gasteiger charge is -2.10. The Hall–Kier alpha value is -15.7. The molecule has 0 amide bonds. The van der Waals surface area contributed by atoms with Crippen molar-refractivity contribution in [1.82, 2.24) is 27.8 Å². The minimum atomic E-state index is -2.30. The highest BCUT2D eigenvalue weighted by molar-refractivity contribution is 6.25. The number of hydrogen-bond donors (Lipinski definition) is 0. The molecular weight excluding hydrogens is 1660 g/mol. The van der Waals surface area contributed by atoms with Gasteiger partial charge in [0.25, 0.3) is 0 Å². The largest absolute Gasteiger partial charge is 0.338 e. The van der Waals surface area contributed by atoms with Gasteiger partial charge in [0.2, 0.25) is 28.5 Å². The molecule has 25 aromatic rings. The summed E-state index contributed by atoms with van der Waals surface area (Å²) < 4.78 is 70.5. The van der Waals surface area contributed by atoms with E-state index in [1.165, 1.54) is 214 Å². The van der Waals surface area contributed by atoms with Crippen molar-refractivity contribution < 1.29 is 31.1 Å². The number of nitrogens with zero attached hydrogens (tertiary/aromatic N) is 11. The highest BCUT2D eigenvalue weighted by Crippen LogP contribution is 2.46. The number of benzene rings is 14. The number of fused-ring (bicyclic) bond motifs is 25. The Morgan fingerprint density at radius 3 is 0.978 bits per heavy atom. The van der Waals surface area contributed by atoms with Crippen LogP contribution in [0.2, 0.25) is 0 Å². The Balaban J connectivity index is 0.000000105. The lowest BCUT2D eigenvalue weighted by Crippen LogP contribution is -2.32. The summed E-state index contributed by atoms with van der Waals surface area (Å²) in [7, 11) is 21.1. The second-order valence-corrected chi connectivity index (χ2v) is 37.7. The first-order valence-electron chi connectivity index (χ1n) is 49.9. The molecule has 666 valence electrons. The fourth-order valence-corrected chi connectivity index (χ4v) is 22.5. The Bertz CT molecular complexity index is 9590. The summed E-state index contributed by atoms with van der Waals surface area (Å²) in [5, 5.41) is 23.1. The van der Waals surface area contributed by atoms with Crippen molar-refractivity contribution in [2.45, 2.75) is 76.0 Å². The molecule has 0 N–H and O–H groups in total. The van der Waals surface area contributed by atoms with Crippen molar-refractivity contribution in [3.05, 3.63) is 383 Å². The van der Waals surface area contributed by atoms with Gasteiger partial charge >= 0.3 is 0 Å². The van der Waals surface area contributed by atoms with Crippen LogP contribution in [0.5, 0.6) is 0 Å². The van der Waals surface area contributed by atoms with E-state index in [1.54, 1.807) is 18.3 Å². The van der Waals surface area contributed by atoms with Crippen molar-refractivity contribution in [2.24, 2.45) is 70.5 Å². The normalized spacial score (nSPS) is 12.6. The molecule has 0 spiro atoms. The van der Waals surface area contributed by atoms with Crippen LogP contribution in [0.3, 0.4) is 0 Å². The van der Waals surface area contributed by atoms with E-state index in [2.05, 4.69) is 420 Å². The number of pyridine rings is 6. The Labute approximate surface area is 803 Å². The van der Waals surface area contributed by atoms with E-state index < -0.39 is 13.7 Å². The van der Waals surface area contributed by atoms with Crippen LogP contribution < -0.4 is 22.8 Å². The average molecular weight is 1780 g/mol. The average Bonchev–Trinajstić information content (AvgIpc) is 1.53. The topological polar surface area (TPSA) is 56.9 Å². The summed E-state index contributed by atoms with van der Waals surface area (Å²) in [6.45, 7) is 14.9. The van der Waals surface area contributed by atoms with Crippen LogP contribution in [0.4, 0.5) is 0 Å². The molecule has 14 aromatic carbocycles. The predicted octanol–water partition coefficient (Wildman–Crippen LogP) is 27.7. The van der Waals surface area contributed by atoms with Gasteiger partial charge in [-0.25, -0.2) is 0 Å². The summed E-state index contributed by atoms with van der Waals surface area (Å²) >= 11 is 0. The molecule has 25 rings (SSSR count). The molecular formula is C125H116N11+5. The van der Waals surface area contributed by atoms with E-state index in [1.807, 2.05) is 62.1 Å². The highest BCUT2D eigenvalue weighted by Gasteiger charge is 2.32. The van der Waals surface area contributed by atoms with Gasteiger partial charge in [-0.15, -0.1) is 0 Å². The second-order valence-electron chi connectivity index (χ2n) is 37.7. The molecule has 11 aromatic heterocycles. The van der Waals surface area contributed by atoms with Crippen LogP contribution in [-0.2, 0) is 70.5 Å². The van der Waals surface area contributed by atoms with E-state index in [-0.39, 0.29) is 5.56 Å². The van der Waals surface area contributed by atoms with E-state index >= 15 is 0 Å². The standard InChI is InChI=1S/2C26H25N2.2C25H23N2.C23H20N3/c2*1-16-10-12-20(17(2)14-16)25-26-23(18(3)15-27(25)4)22-13-11-19-8-6-7-9-21(19)24(22)28(26)5;1-16-9-11-19(17(2)15-16)24-25-22(13-14-26(24)3)21-12-10-18-7-5-6-8-20(18)23(21)27(25)4;1-16-9-11-20-18(15-16)10-12-21-22-13-14-26(3)24(25(22)27(4)23(20)21)19-8-6-5-7-17(19)2;1-15-8-4-6-10-17(15)22-23-19(12-13-25(22)2)20-21(26(23)3)18-11-7-5-9-16(18)14-24-20/h2*6-15H,1-5H3;2*5-15H,1-4H3;4-14H,1-3H3/q5*+1/i1D3,3D3;;;;. The molecule has 0 unspecified atom stereocenters. The second kappa shape index (κ2) is 34.1. The first-order chi connectivity index (χ1) is 68.1. The minimum Gasteiger partial charge on any atom is -0.338 e. The predicted molar refractivity (Wildman–Crippen MR) is 573 cm³/mol. The van der Waals surface area contributed by atoms with Crippen molar-refractivity contribution in [1.29, 1.82) is 0 Å². The maximum Gasteiger partial charge on any atom is 0.237 e. The number of aryl methyl sites for hydroxylation is 21. The zero-order valence-electron chi connectivity index (χ0n) is 87.0. The van der Waals surface area contributed by atoms with Crippen molar-refractivity contribution in [3.8, 4) is 56.3 Å². The highest BCUT2D eigenvalue weighted by atomic mass is 15.0. The molecule has 11 heterocycles. The van der Waals surface area contributed by atoms with Crippen molar-refractivity contribution in [2.75, 3.05) is 0 Å². The fourth-order valence-electron chi connectivity index (χ4n) is 22.5. The van der Waals surface area contributed by atoms with Gasteiger partial charge in [0, 0.05) is 160 Å². The van der Waals surface area contributed by atoms with Gasteiger partial charge in [0.1, 0.15) is 62.8 Å². The number of hydrogen-bond acceptors (Lipinski definition) is 1. The van der Waals surface area contributed by atoms with Crippen molar-refractivity contribution in [3.63, 3.8) is 0 Å². The molecule has 0 aliphatic rings. The molecule has 0 bridgehead atoms. The van der Waals surface area contributed by atoms with E-state index in [4.69, 9.17) is 13.2 Å². The van der Waals surface area contributed by atoms with Crippen LogP contribution >= 0.6 is 0 Å². The van der Waals surface area contributed by atoms with E-state index in [9.17, 15) is 0 Å². The first-order valence-corrected chi connectivity index (χ1v) is 46.9. The summed E-state index contributed by atoms with van der Waals surface area (Å²) in [4.78, 5) is 4.82. The van der Waals surface area contributed by atoms with Gasteiger partial charge in [-0.1, -0.05) is 259 Å². The summed E-state index contributed by atoms with van der Waals surface area (Å²) in [6, 6.07) is 101. The van der Waals surface area contributed by atoms with Crippen LogP contribution in [0.15, 0.2) is 322 Å². The molecule has 0 saturated carbocycles. The third-order valence-electron chi connectivity index (χ3n) is 28.8. The van der Waals surface area contributed by atoms with Gasteiger partial charge in [-0.05, 0) is 156 Å². The summed E-state index contributed by atoms with van der Waals surface area (Å²) in [5.74, 6) is 0. The maximum absolute atomic E-state index is 8.26. The van der Waals surface area contributed by atoms with E-state index in [0.29, 0.717) is 10.9 Å². The molecule has 0 aliphatic heterocycles. The zero-order valence-corrected chi connectivity index (χ0v) is 81.0. The van der Waals surface area contributed by atoms with Crippen molar-refractivity contribution >= 4 is 163 Å². The smallest absolute Gasteiger partial charge is 0.237 e. The van der Waals surface area contributed by atoms with Crippen LogP contribution in [-0.4, -0.2) is 27.8 Å². The number of rotatable bonds is 5. The Kier molecular flexibility index (Phi) is 20.0. The summed E-state index contributed by atoms with van der Waals surface area (Å²) in [6.07, 6.45) is 12.5. The third-order valence-corrected chi connectivity index (χ3v) is 28.8. The SMILES string of the molecule is Cc1ccc(-c2c3c(c(C)c[n+]2C)c2ccc4ccccc4c2n3C)c(C)c1.Cc1ccc(-c2c3c(cc[n+]2C)c2ccc4ccccc4c2n3C)c(C)c1.Cc1ccc2c(ccc3c4cc[n+](C)c(-c5ccccc5C)c4n(C)c23)c1.Cc1ccccc1-c1c2c(cc[n+]1C)c1ncc3ccccc3c1n2C.[2H]C([2H])([2H])c1ccc(-c2c3c(c(C([2H])([2H])[2H])c[n+]2C)c2ccc4ccccc4c2n3C)c(C)c1. The summed E-state index contributed by atoms with van der Waals surface area (Å²) in [5.41, 5.74) is 36.8. The van der Waals surface area contributed by atoms with Gasteiger partial charge in [0.15, 0.2) is 31.0 Å². The fraction of sp³-hybridized carbons (Fsp3) is 0.168. The molecule has 11 nitrogen and oxygen atoms in total. The monoisotopic (exact) mass is 1780 g/mol. The quantitative estimate of drug-likeness (QED) is 0.158. The first kappa shape index (κ1) is 80.0. The molecule has 0 radical (unpaired) electrons. The van der Waals surface area contributed by atoms with Crippen LogP contribution in [0, 0.1) is 76.0 Å². The molecule has 136 heavy (non-hydrogen) atoms. The Morgan fingerprint density at radius 1 is 0.221 bits per heavy atom. The van der Waals surface area contributed by atoms with Gasteiger partial charge < -0.3 is 22.8 Å². The number of aromatic nitrogens is 11. The minimum absolute atomic E-state index is 0.287. The van der Waals surface area contributed by atoms with Crippen LogP contribution in [0.25, 0.3) is 219 Å². The van der Waals surface area contributed by atoms with E-state index in [0.717, 1.165) is 49.5 Å². The van der Waals surface area contributed by atoms with Gasteiger partial charge in [-0.2, -0.15) is 22.8 Å². The lowest BCUT2D eigenvalue weighted by atomic mass is 9.99. The van der Waals surface area contributed by atoms with Crippen LogP contribution in [0.1, 0.15) is 69.4 Å². The Morgan fingerprint density at radius 2 is 0.529 bits per heavy atom. The lowest BCUT2D eigenvalue weighted by molar-refractivity contribution is -0.659. The molecule has 0 saturated heterocycles. The zero-order chi connectivity index (χ0) is 99.4. The third kappa shape index (κ3) is 14.2. The van der Waals surface area contributed by atoms with Gasteiger partial charge in [0.05, 0.1) is 60.9 Å². The molecule has 0 aliphatic carbocycles.